The molecule has 1 aliphatic rings. The molecule has 0 atom stereocenters. The van der Waals surface area contributed by atoms with E-state index >= 15 is 0 Å². The fourth-order valence-corrected chi connectivity index (χ4v) is 3.84. The third-order valence-electron chi connectivity index (χ3n) is 4.24. The van der Waals surface area contributed by atoms with Crippen molar-refractivity contribution in [2.75, 3.05) is 5.73 Å². The molecule has 1 fully saturated rings. The lowest BCUT2D eigenvalue weighted by Crippen LogP contribution is -2.12. The maximum atomic E-state index is 13.8. The lowest BCUT2D eigenvalue weighted by molar-refractivity contribution is 0.0464. The fourth-order valence-electron chi connectivity index (χ4n) is 2.87. The van der Waals surface area contributed by atoms with Gasteiger partial charge in [-0.3, -0.25) is 0 Å². The van der Waals surface area contributed by atoms with E-state index in [0.717, 1.165) is 5.01 Å². The summed E-state index contributed by atoms with van der Waals surface area (Å²) in [6.45, 7) is 1.76. The molecule has 4 nitrogen and oxygen atoms in total. The maximum Gasteiger partial charge on any atom is 0.343 e. The molecule has 23 heavy (non-hydrogen) atoms. The average Bonchev–Trinajstić information content (AvgIpc) is 3.20. The molecule has 0 bridgehead atoms. The molecular weight excluding hydrogens is 315 g/mol. The van der Waals surface area contributed by atoms with Crippen LogP contribution in [0.25, 0.3) is 0 Å². The van der Waals surface area contributed by atoms with Crippen molar-refractivity contribution < 1.29 is 13.9 Å². The van der Waals surface area contributed by atoms with Gasteiger partial charge in [-0.2, -0.15) is 0 Å². The van der Waals surface area contributed by atoms with Crippen LogP contribution in [0.1, 0.15) is 58.2 Å². The van der Waals surface area contributed by atoms with E-state index in [1.165, 1.54) is 37.8 Å². The Bertz CT molecular complexity index is 723. The van der Waals surface area contributed by atoms with Crippen LogP contribution in [0.4, 0.5) is 10.1 Å². The summed E-state index contributed by atoms with van der Waals surface area (Å²) in [6.07, 6.45) is 4.86. The molecule has 0 unspecified atom stereocenters. The van der Waals surface area contributed by atoms with Crippen molar-refractivity contribution in [3.05, 3.63) is 45.2 Å². The Morgan fingerprint density at radius 3 is 2.91 bits per heavy atom. The number of halogens is 1. The number of nitrogens with zero attached hydrogens (tertiary/aromatic N) is 1. The molecule has 1 aromatic carbocycles. The summed E-state index contributed by atoms with van der Waals surface area (Å²) in [6, 6.07) is 2.76. The van der Waals surface area contributed by atoms with Gasteiger partial charge in [0.25, 0.3) is 0 Å². The summed E-state index contributed by atoms with van der Waals surface area (Å²) in [5.41, 5.74) is 7.07. The molecule has 0 aliphatic heterocycles. The van der Waals surface area contributed by atoms with Crippen molar-refractivity contribution in [3.63, 3.8) is 0 Å². The molecule has 0 saturated heterocycles. The number of benzene rings is 1. The number of esters is 1. The van der Waals surface area contributed by atoms with Crippen molar-refractivity contribution in [2.24, 2.45) is 0 Å². The molecule has 1 aromatic heterocycles. The Labute approximate surface area is 138 Å². The van der Waals surface area contributed by atoms with Gasteiger partial charge in [0, 0.05) is 11.3 Å². The van der Waals surface area contributed by atoms with Crippen molar-refractivity contribution >= 4 is 23.0 Å². The molecule has 1 heterocycles. The van der Waals surface area contributed by atoms with Crippen molar-refractivity contribution in [3.8, 4) is 0 Å². The maximum absolute atomic E-state index is 13.8. The lowest BCUT2D eigenvalue weighted by Gasteiger charge is -2.09. The number of carbonyl (C=O) groups is 1. The van der Waals surface area contributed by atoms with Crippen LogP contribution in [0.15, 0.2) is 17.5 Å². The molecule has 0 spiro atoms. The van der Waals surface area contributed by atoms with Crippen LogP contribution in [0.3, 0.4) is 0 Å². The second kappa shape index (κ2) is 6.66. The average molecular weight is 334 g/mol. The van der Waals surface area contributed by atoms with Crippen LogP contribution < -0.4 is 5.73 Å². The van der Waals surface area contributed by atoms with E-state index in [4.69, 9.17) is 10.5 Å². The van der Waals surface area contributed by atoms with E-state index in [-0.39, 0.29) is 17.9 Å². The first-order valence-electron chi connectivity index (χ1n) is 7.72. The minimum atomic E-state index is -0.751. The highest BCUT2D eigenvalue weighted by atomic mass is 32.1. The standard InChI is InChI=1S/C17H19FN2O2S/c1-10-6-7-13(18)14(15(10)19)17(21)22-8-12-9-23-16(20-12)11-4-2-3-5-11/h6-7,9,11H,2-5,8,19H2,1H3. The number of nitrogen functional groups attached to an aromatic ring is 1. The molecule has 0 radical (unpaired) electrons. The zero-order chi connectivity index (χ0) is 16.4. The number of aryl methyl sites for hydroxylation is 1. The van der Waals surface area contributed by atoms with Crippen LogP contribution in [-0.4, -0.2) is 11.0 Å². The van der Waals surface area contributed by atoms with Crippen LogP contribution in [0, 0.1) is 12.7 Å². The predicted molar refractivity (Wildman–Crippen MR) is 88.0 cm³/mol. The highest BCUT2D eigenvalue weighted by Gasteiger charge is 2.21. The van der Waals surface area contributed by atoms with Gasteiger partial charge in [-0.15, -0.1) is 11.3 Å². The quantitative estimate of drug-likeness (QED) is 0.672. The molecule has 122 valence electrons. The lowest BCUT2D eigenvalue weighted by atomic mass is 10.1. The first kappa shape index (κ1) is 15.9. The third kappa shape index (κ3) is 3.37. The number of aromatic nitrogens is 1. The smallest absolute Gasteiger partial charge is 0.343 e. The first-order chi connectivity index (χ1) is 11.1. The second-order valence-corrected chi connectivity index (χ2v) is 6.78. The molecule has 2 aromatic rings. The molecule has 0 amide bonds. The summed E-state index contributed by atoms with van der Waals surface area (Å²) in [5, 5.41) is 3.01. The summed E-state index contributed by atoms with van der Waals surface area (Å²) in [7, 11) is 0. The number of nitrogens with two attached hydrogens (primary N) is 1. The normalized spacial score (nSPS) is 15.0. The minimum Gasteiger partial charge on any atom is -0.455 e. The highest BCUT2D eigenvalue weighted by molar-refractivity contribution is 7.09. The van der Waals surface area contributed by atoms with Crippen molar-refractivity contribution in [1.82, 2.24) is 4.98 Å². The largest absolute Gasteiger partial charge is 0.455 e. The number of carbonyl (C=O) groups excluding carboxylic acids is 1. The van der Waals surface area contributed by atoms with E-state index < -0.39 is 11.8 Å². The molecule has 1 aliphatic carbocycles. The number of hydrogen-bond donors (Lipinski definition) is 1. The van der Waals surface area contributed by atoms with Gasteiger partial charge in [0.2, 0.25) is 0 Å². The van der Waals surface area contributed by atoms with Gasteiger partial charge in [-0.25, -0.2) is 14.2 Å². The van der Waals surface area contributed by atoms with Gasteiger partial charge in [0.05, 0.1) is 16.4 Å². The number of hydrogen-bond acceptors (Lipinski definition) is 5. The molecule has 1 saturated carbocycles. The highest BCUT2D eigenvalue weighted by Crippen LogP contribution is 2.35. The van der Waals surface area contributed by atoms with Crippen molar-refractivity contribution in [2.45, 2.75) is 45.1 Å². The van der Waals surface area contributed by atoms with E-state index in [2.05, 4.69) is 4.98 Å². The fraction of sp³-hybridized carbons (Fsp3) is 0.412. The molecule has 2 N–H and O–H groups in total. The molecular formula is C17H19FN2O2S. The van der Waals surface area contributed by atoms with Crippen LogP contribution >= 0.6 is 11.3 Å². The Morgan fingerprint density at radius 2 is 2.17 bits per heavy atom. The van der Waals surface area contributed by atoms with Gasteiger partial charge in [-0.1, -0.05) is 18.9 Å². The molecule has 3 rings (SSSR count). The topological polar surface area (TPSA) is 65.2 Å². The number of ether oxygens (including phenoxy) is 1. The second-order valence-electron chi connectivity index (χ2n) is 5.89. The number of rotatable bonds is 4. The zero-order valence-corrected chi connectivity index (χ0v) is 13.8. The zero-order valence-electron chi connectivity index (χ0n) is 13.0. The van der Waals surface area contributed by atoms with Gasteiger partial charge < -0.3 is 10.5 Å². The Hall–Kier alpha value is -1.95. The monoisotopic (exact) mass is 334 g/mol. The van der Waals surface area contributed by atoms with Crippen LogP contribution in [0.5, 0.6) is 0 Å². The SMILES string of the molecule is Cc1ccc(F)c(C(=O)OCc2csc(C3CCCC3)n2)c1N. The van der Waals surface area contributed by atoms with Gasteiger partial charge in [0.1, 0.15) is 18.0 Å². The van der Waals surface area contributed by atoms with E-state index in [1.54, 1.807) is 18.3 Å². The Balaban J connectivity index is 1.66. The van der Waals surface area contributed by atoms with Gasteiger partial charge in [-0.05, 0) is 31.4 Å². The van der Waals surface area contributed by atoms with Crippen LogP contribution in [-0.2, 0) is 11.3 Å². The first-order valence-corrected chi connectivity index (χ1v) is 8.60. The Morgan fingerprint density at radius 1 is 1.43 bits per heavy atom. The van der Waals surface area contributed by atoms with E-state index in [0.29, 0.717) is 17.2 Å². The number of anilines is 1. The summed E-state index contributed by atoms with van der Waals surface area (Å²) in [4.78, 5) is 16.6. The van der Waals surface area contributed by atoms with Gasteiger partial charge >= 0.3 is 5.97 Å². The Kier molecular flexibility index (Phi) is 4.61. The number of thiazole rings is 1. The van der Waals surface area contributed by atoms with E-state index in [9.17, 15) is 9.18 Å². The summed E-state index contributed by atoms with van der Waals surface area (Å²) in [5.74, 6) is -0.878. The van der Waals surface area contributed by atoms with E-state index in [1.807, 2.05) is 5.38 Å². The molecule has 6 heteroatoms. The van der Waals surface area contributed by atoms with Crippen molar-refractivity contribution in [1.29, 1.82) is 0 Å². The minimum absolute atomic E-state index is 0.0366. The summed E-state index contributed by atoms with van der Waals surface area (Å²) < 4.78 is 19.0. The third-order valence-corrected chi connectivity index (χ3v) is 5.30. The van der Waals surface area contributed by atoms with Crippen LogP contribution in [0.2, 0.25) is 0 Å². The van der Waals surface area contributed by atoms with Gasteiger partial charge in [0.15, 0.2) is 0 Å². The summed E-state index contributed by atoms with van der Waals surface area (Å²) >= 11 is 1.60. The predicted octanol–water partition coefficient (Wildman–Crippen LogP) is 4.19.